The highest BCUT2D eigenvalue weighted by Crippen LogP contribution is 2.57. The summed E-state index contributed by atoms with van der Waals surface area (Å²) >= 11 is 5.80. The second-order valence-electron chi connectivity index (χ2n) is 5.27. The number of nitrogens with zero attached hydrogens (tertiary/aromatic N) is 1. The summed E-state index contributed by atoms with van der Waals surface area (Å²) in [4.78, 5) is 4.15. The number of aromatic nitrogens is 1. The van der Waals surface area contributed by atoms with Crippen molar-refractivity contribution in [2.75, 3.05) is 19.7 Å². The van der Waals surface area contributed by atoms with Crippen LogP contribution in [0.5, 0.6) is 0 Å². The Morgan fingerprint density at radius 3 is 2.81 bits per heavy atom. The fraction of sp³-hybridized carbons (Fsp3) is 0.583. The second kappa shape index (κ2) is 3.42. The van der Waals surface area contributed by atoms with E-state index >= 15 is 0 Å². The molecule has 86 valence electrons. The van der Waals surface area contributed by atoms with Crippen LogP contribution in [0.15, 0.2) is 18.3 Å². The van der Waals surface area contributed by atoms with Crippen LogP contribution in [0.1, 0.15) is 18.4 Å². The summed E-state index contributed by atoms with van der Waals surface area (Å²) < 4.78 is 0. The molecule has 1 saturated carbocycles. The molecule has 3 heterocycles. The van der Waals surface area contributed by atoms with Crippen molar-refractivity contribution in [3.05, 3.63) is 29.0 Å². The number of aliphatic hydroxyl groups excluding tert-OH is 1. The number of pyridine rings is 1. The Hall–Kier alpha value is -0.640. The molecule has 16 heavy (non-hydrogen) atoms. The van der Waals surface area contributed by atoms with E-state index in [9.17, 15) is 5.11 Å². The van der Waals surface area contributed by atoms with Crippen LogP contribution < -0.4 is 5.32 Å². The van der Waals surface area contributed by atoms with E-state index in [0.29, 0.717) is 5.15 Å². The minimum absolute atomic E-state index is 0.109. The van der Waals surface area contributed by atoms with Gasteiger partial charge in [-0.25, -0.2) is 4.98 Å². The van der Waals surface area contributed by atoms with Gasteiger partial charge < -0.3 is 10.4 Å². The van der Waals surface area contributed by atoms with Crippen molar-refractivity contribution in [3.8, 4) is 0 Å². The number of fused-ring (bicyclic) bond motifs is 2. The average molecular weight is 239 g/mol. The number of hydrogen-bond acceptors (Lipinski definition) is 3. The Morgan fingerprint density at radius 2 is 2.19 bits per heavy atom. The molecule has 4 heteroatoms. The zero-order chi connectivity index (χ0) is 11.2. The molecule has 3 nitrogen and oxygen atoms in total. The van der Waals surface area contributed by atoms with Gasteiger partial charge in [0.1, 0.15) is 5.15 Å². The van der Waals surface area contributed by atoms with E-state index in [2.05, 4.69) is 16.4 Å². The quantitative estimate of drug-likeness (QED) is 0.765. The lowest BCUT2D eigenvalue weighted by Crippen LogP contribution is -2.65. The van der Waals surface area contributed by atoms with Gasteiger partial charge in [0.2, 0.25) is 0 Å². The maximum atomic E-state index is 9.42. The van der Waals surface area contributed by atoms with Crippen molar-refractivity contribution >= 4 is 11.6 Å². The standard InChI is InChI=1S/C12H15ClN2O/c13-10-2-1-9(3-15-10)12-4-11(5-12,8-16)6-14-7-12/h1-3,14,16H,4-8H2. The third-order valence-corrected chi connectivity index (χ3v) is 4.29. The first kappa shape index (κ1) is 10.5. The summed E-state index contributed by atoms with van der Waals surface area (Å²) in [6.07, 6.45) is 4.00. The van der Waals surface area contributed by atoms with E-state index in [1.54, 1.807) is 0 Å². The highest BCUT2D eigenvalue weighted by atomic mass is 35.5. The monoisotopic (exact) mass is 238 g/mol. The molecule has 2 saturated heterocycles. The molecule has 4 rings (SSSR count). The van der Waals surface area contributed by atoms with Gasteiger partial charge in [0.15, 0.2) is 0 Å². The Balaban J connectivity index is 1.88. The Bertz CT molecular complexity index is 398. The van der Waals surface area contributed by atoms with Gasteiger partial charge in [-0.05, 0) is 24.5 Å². The predicted molar refractivity (Wildman–Crippen MR) is 62.5 cm³/mol. The molecule has 0 atom stereocenters. The smallest absolute Gasteiger partial charge is 0.129 e. The van der Waals surface area contributed by atoms with Gasteiger partial charge in [-0.1, -0.05) is 17.7 Å². The van der Waals surface area contributed by atoms with Gasteiger partial charge in [0.25, 0.3) is 0 Å². The number of aliphatic hydroxyl groups is 1. The molecule has 1 aliphatic carbocycles. The van der Waals surface area contributed by atoms with Crippen LogP contribution in [0.3, 0.4) is 0 Å². The minimum Gasteiger partial charge on any atom is -0.396 e. The summed E-state index contributed by atoms with van der Waals surface area (Å²) in [6, 6.07) is 3.91. The predicted octanol–water partition coefficient (Wildman–Crippen LogP) is 1.35. The average Bonchev–Trinajstić information content (AvgIpc) is 2.29. The van der Waals surface area contributed by atoms with Crippen molar-refractivity contribution in [1.29, 1.82) is 0 Å². The van der Waals surface area contributed by atoms with Crippen molar-refractivity contribution < 1.29 is 5.11 Å². The molecule has 0 spiro atoms. The zero-order valence-electron chi connectivity index (χ0n) is 9.04. The number of hydrogen-bond donors (Lipinski definition) is 2. The van der Waals surface area contributed by atoms with Crippen LogP contribution in [-0.2, 0) is 5.41 Å². The molecular formula is C12H15ClN2O. The molecule has 3 fully saturated rings. The summed E-state index contributed by atoms with van der Waals surface area (Å²) in [5, 5.41) is 13.4. The zero-order valence-corrected chi connectivity index (χ0v) is 9.80. The molecule has 1 aromatic heterocycles. The number of piperidine rings is 2. The number of nitrogens with one attached hydrogen (secondary N) is 1. The van der Waals surface area contributed by atoms with Crippen LogP contribution in [0.4, 0.5) is 0 Å². The molecular weight excluding hydrogens is 224 g/mol. The molecule has 2 aliphatic heterocycles. The van der Waals surface area contributed by atoms with Crippen LogP contribution in [0.25, 0.3) is 0 Å². The first-order chi connectivity index (χ1) is 7.68. The third kappa shape index (κ3) is 1.39. The largest absolute Gasteiger partial charge is 0.396 e. The lowest BCUT2D eigenvalue weighted by molar-refractivity contribution is -0.0583. The third-order valence-electron chi connectivity index (χ3n) is 4.07. The van der Waals surface area contributed by atoms with Gasteiger partial charge in [-0.2, -0.15) is 0 Å². The van der Waals surface area contributed by atoms with Gasteiger partial charge in [0, 0.05) is 36.7 Å². The summed E-state index contributed by atoms with van der Waals surface area (Å²) in [5.74, 6) is 0. The Labute approximate surface area is 99.8 Å². The van der Waals surface area contributed by atoms with Crippen LogP contribution in [0, 0.1) is 5.41 Å². The van der Waals surface area contributed by atoms with Crippen molar-refractivity contribution in [1.82, 2.24) is 10.3 Å². The van der Waals surface area contributed by atoms with E-state index in [1.165, 1.54) is 5.56 Å². The highest BCUT2D eigenvalue weighted by Gasteiger charge is 2.57. The summed E-state index contributed by atoms with van der Waals surface area (Å²) in [6.45, 7) is 2.20. The molecule has 0 unspecified atom stereocenters. The van der Waals surface area contributed by atoms with Gasteiger partial charge in [-0.3, -0.25) is 0 Å². The van der Waals surface area contributed by atoms with Crippen molar-refractivity contribution in [2.45, 2.75) is 18.3 Å². The first-order valence-electron chi connectivity index (χ1n) is 5.62. The molecule has 2 bridgehead atoms. The second-order valence-corrected chi connectivity index (χ2v) is 5.65. The lowest BCUT2D eigenvalue weighted by Gasteiger charge is -2.60. The van der Waals surface area contributed by atoms with Crippen LogP contribution >= 0.6 is 11.6 Å². The van der Waals surface area contributed by atoms with Gasteiger partial charge in [-0.15, -0.1) is 0 Å². The number of halogens is 1. The first-order valence-corrected chi connectivity index (χ1v) is 6.00. The Kier molecular flexibility index (Phi) is 2.25. The minimum atomic E-state index is 0.109. The van der Waals surface area contributed by atoms with Gasteiger partial charge >= 0.3 is 0 Å². The van der Waals surface area contributed by atoms with E-state index in [0.717, 1.165) is 25.9 Å². The highest BCUT2D eigenvalue weighted by molar-refractivity contribution is 6.29. The van der Waals surface area contributed by atoms with E-state index in [1.807, 2.05) is 12.3 Å². The topological polar surface area (TPSA) is 45.1 Å². The lowest BCUT2D eigenvalue weighted by atomic mass is 9.48. The van der Waals surface area contributed by atoms with Crippen molar-refractivity contribution in [2.24, 2.45) is 5.41 Å². The molecule has 3 aliphatic rings. The molecule has 2 N–H and O–H groups in total. The summed E-state index contributed by atoms with van der Waals surface area (Å²) in [7, 11) is 0. The normalized spacial score (nSPS) is 36.9. The SMILES string of the molecule is OCC12CNCC(c3ccc(Cl)nc3)(C1)C2. The van der Waals surface area contributed by atoms with Gasteiger partial charge in [0.05, 0.1) is 0 Å². The van der Waals surface area contributed by atoms with Crippen molar-refractivity contribution in [3.63, 3.8) is 0 Å². The molecule has 0 aromatic carbocycles. The van der Waals surface area contributed by atoms with E-state index < -0.39 is 0 Å². The maximum absolute atomic E-state index is 9.42. The maximum Gasteiger partial charge on any atom is 0.129 e. The van der Waals surface area contributed by atoms with Crippen LogP contribution in [0.2, 0.25) is 5.15 Å². The molecule has 1 aromatic rings. The molecule has 0 amide bonds. The van der Waals surface area contributed by atoms with Crippen LogP contribution in [-0.4, -0.2) is 29.8 Å². The Morgan fingerprint density at radius 1 is 1.38 bits per heavy atom. The summed E-state index contributed by atoms with van der Waals surface area (Å²) in [5.41, 5.74) is 1.53. The van der Waals surface area contributed by atoms with E-state index in [4.69, 9.17) is 11.6 Å². The fourth-order valence-corrected chi connectivity index (χ4v) is 3.48. The number of rotatable bonds is 2. The van der Waals surface area contributed by atoms with E-state index in [-0.39, 0.29) is 17.4 Å². The molecule has 0 radical (unpaired) electrons. The fourth-order valence-electron chi connectivity index (χ4n) is 3.36.